The van der Waals surface area contributed by atoms with Crippen LogP contribution in [0.1, 0.15) is 15.4 Å². The minimum atomic E-state index is -0.0491. The van der Waals surface area contributed by atoms with E-state index in [1.165, 1.54) is 11.3 Å². The molecule has 0 spiro atoms. The van der Waals surface area contributed by atoms with Crippen molar-refractivity contribution in [3.05, 3.63) is 49.3 Å². The summed E-state index contributed by atoms with van der Waals surface area (Å²) in [5.74, 6) is -0.0491. The number of carbonyl (C=O) groups excluding carboxylic acids is 1. The summed E-state index contributed by atoms with van der Waals surface area (Å²) in [6.07, 6.45) is 0. The second-order valence-electron chi connectivity index (χ2n) is 2.81. The molecule has 0 saturated carbocycles. The van der Waals surface area contributed by atoms with E-state index in [4.69, 9.17) is 0 Å². The maximum Gasteiger partial charge on any atom is 0.221 e. The maximum absolute atomic E-state index is 11.9. The van der Waals surface area contributed by atoms with Crippen molar-refractivity contribution < 1.29 is 4.79 Å². The maximum atomic E-state index is 11.9. The molecule has 2 rings (SSSR count). The Morgan fingerprint density at radius 1 is 1.33 bits per heavy atom. The summed E-state index contributed by atoms with van der Waals surface area (Å²) in [4.78, 5) is 16.0. The van der Waals surface area contributed by atoms with Crippen molar-refractivity contribution >= 4 is 49.0 Å². The molecule has 0 saturated heterocycles. The van der Waals surface area contributed by atoms with Crippen LogP contribution in [0.3, 0.4) is 0 Å². The van der Waals surface area contributed by atoms with Crippen molar-refractivity contribution in [1.82, 2.24) is 4.98 Å². The molecule has 15 heavy (non-hydrogen) atoms. The summed E-state index contributed by atoms with van der Waals surface area (Å²) >= 11 is 7.89. The Labute approximate surface area is 108 Å². The quantitative estimate of drug-likeness (QED) is 0.772. The Bertz CT molecular complexity index is 510. The topological polar surface area (TPSA) is 30.0 Å². The zero-order valence-corrected chi connectivity index (χ0v) is 11.4. The van der Waals surface area contributed by atoms with E-state index in [0.29, 0.717) is 15.2 Å². The summed E-state index contributed by atoms with van der Waals surface area (Å²) in [7, 11) is 0. The van der Waals surface area contributed by atoms with Gasteiger partial charge in [-0.25, -0.2) is 4.98 Å². The van der Waals surface area contributed by atoms with Crippen LogP contribution >= 0.6 is 43.2 Å². The van der Waals surface area contributed by atoms with E-state index in [1.54, 1.807) is 17.5 Å². The first-order valence-electron chi connectivity index (χ1n) is 4.08. The predicted octanol–water partition coefficient (Wildman–Crippen LogP) is 3.90. The van der Waals surface area contributed by atoms with Crippen LogP contribution in [0.25, 0.3) is 0 Å². The first kappa shape index (κ1) is 11.0. The van der Waals surface area contributed by atoms with Crippen LogP contribution in [0.4, 0.5) is 0 Å². The highest BCUT2D eigenvalue weighted by atomic mass is 79.9. The van der Waals surface area contributed by atoms with Gasteiger partial charge in [-0.2, -0.15) is 0 Å². The Morgan fingerprint density at radius 2 is 2.13 bits per heavy atom. The van der Waals surface area contributed by atoms with Crippen LogP contribution in [0.15, 0.2) is 38.7 Å². The molecule has 0 N–H and O–H groups in total. The Balaban J connectivity index is 2.36. The first-order chi connectivity index (χ1) is 7.16. The average Bonchev–Trinajstić information content (AvgIpc) is 2.64. The molecule has 76 valence electrons. The highest BCUT2D eigenvalue weighted by molar-refractivity contribution is 9.10. The van der Waals surface area contributed by atoms with Crippen molar-refractivity contribution in [2.24, 2.45) is 0 Å². The Hall–Kier alpha value is -0.520. The molecule has 0 aliphatic rings. The fourth-order valence-corrected chi connectivity index (χ4v) is 2.72. The van der Waals surface area contributed by atoms with Gasteiger partial charge in [0.25, 0.3) is 0 Å². The third-order valence-electron chi connectivity index (χ3n) is 1.76. The van der Waals surface area contributed by atoms with Crippen LogP contribution in [-0.2, 0) is 0 Å². The zero-order valence-electron chi connectivity index (χ0n) is 7.41. The first-order valence-corrected chi connectivity index (χ1v) is 6.54. The number of hydrogen-bond acceptors (Lipinski definition) is 3. The summed E-state index contributed by atoms with van der Waals surface area (Å²) < 4.78 is 1.59. The highest BCUT2D eigenvalue weighted by Gasteiger charge is 2.12. The van der Waals surface area contributed by atoms with E-state index < -0.39 is 0 Å². The molecule has 0 bridgehead atoms. The van der Waals surface area contributed by atoms with E-state index in [0.717, 1.165) is 4.47 Å². The molecular formula is C10H5Br2NOS. The van der Waals surface area contributed by atoms with Gasteiger partial charge in [-0.3, -0.25) is 4.79 Å². The normalized spacial score (nSPS) is 10.3. The lowest BCUT2D eigenvalue weighted by Gasteiger charge is -1.97. The second-order valence-corrected chi connectivity index (χ2v) is 5.40. The SMILES string of the molecule is O=C(c1cccc(Br)c1)c1nc(Br)cs1. The minimum Gasteiger partial charge on any atom is -0.286 e. The average molecular weight is 347 g/mol. The van der Waals surface area contributed by atoms with E-state index in [-0.39, 0.29) is 5.78 Å². The molecule has 0 radical (unpaired) electrons. The summed E-state index contributed by atoms with van der Waals surface area (Å²) in [6, 6.07) is 7.29. The van der Waals surface area contributed by atoms with Gasteiger partial charge in [0.2, 0.25) is 5.78 Å². The van der Waals surface area contributed by atoms with Gasteiger partial charge in [-0.15, -0.1) is 11.3 Å². The van der Waals surface area contributed by atoms with Gasteiger partial charge in [0.1, 0.15) is 4.60 Å². The lowest BCUT2D eigenvalue weighted by molar-refractivity contribution is 0.103. The standard InChI is InChI=1S/C10H5Br2NOS/c11-7-3-1-2-6(4-7)9(14)10-13-8(12)5-15-10/h1-5H. The number of carbonyl (C=O) groups is 1. The van der Waals surface area contributed by atoms with Gasteiger partial charge in [-0.1, -0.05) is 28.1 Å². The lowest BCUT2D eigenvalue weighted by atomic mass is 10.1. The predicted molar refractivity (Wildman–Crippen MR) is 67.4 cm³/mol. The van der Waals surface area contributed by atoms with Gasteiger partial charge < -0.3 is 0 Å². The van der Waals surface area contributed by atoms with E-state index in [9.17, 15) is 4.79 Å². The number of nitrogens with zero attached hydrogens (tertiary/aromatic N) is 1. The van der Waals surface area contributed by atoms with Gasteiger partial charge in [0, 0.05) is 15.4 Å². The summed E-state index contributed by atoms with van der Waals surface area (Å²) in [5, 5.41) is 2.30. The van der Waals surface area contributed by atoms with Crippen LogP contribution in [0, 0.1) is 0 Å². The number of hydrogen-bond donors (Lipinski definition) is 0. The van der Waals surface area contributed by atoms with Crippen molar-refractivity contribution in [3.63, 3.8) is 0 Å². The van der Waals surface area contributed by atoms with Gasteiger partial charge >= 0.3 is 0 Å². The molecule has 5 heteroatoms. The fraction of sp³-hybridized carbons (Fsp3) is 0. The number of benzene rings is 1. The van der Waals surface area contributed by atoms with Crippen LogP contribution in [0.2, 0.25) is 0 Å². The minimum absolute atomic E-state index is 0.0491. The summed E-state index contributed by atoms with van der Waals surface area (Å²) in [6.45, 7) is 0. The number of thiazole rings is 1. The molecule has 1 aromatic carbocycles. The fourth-order valence-electron chi connectivity index (χ4n) is 1.11. The van der Waals surface area contributed by atoms with Crippen LogP contribution in [-0.4, -0.2) is 10.8 Å². The molecule has 0 unspecified atom stereocenters. The largest absolute Gasteiger partial charge is 0.286 e. The van der Waals surface area contributed by atoms with Gasteiger partial charge in [0.15, 0.2) is 5.01 Å². The number of ketones is 1. The number of rotatable bonds is 2. The third-order valence-corrected chi connectivity index (χ3v) is 3.80. The van der Waals surface area contributed by atoms with Crippen LogP contribution < -0.4 is 0 Å². The van der Waals surface area contributed by atoms with E-state index >= 15 is 0 Å². The van der Waals surface area contributed by atoms with Gasteiger partial charge in [-0.05, 0) is 28.1 Å². The Kier molecular flexibility index (Phi) is 3.33. The molecule has 2 aromatic rings. The second kappa shape index (κ2) is 4.55. The molecular weight excluding hydrogens is 342 g/mol. The Morgan fingerprint density at radius 3 is 2.73 bits per heavy atom. The molecule has 0 amide bonds. The molecule has 0 atom stereocenters. The van der Waals surface area contributed by atoms with E-state index in [2.05, 4.69) is 36.8 Å². The molecule has 1 heterocycles. The molecule has 0 aliphatic carbocycles. The van der Waals surface area contributed by atoms with Crippen molar-refractivity contribution in [3.8, 4) is 0 Å². The monoisotopic (exact) mass is 345 g/mol. The van der Waals surface area contributed by atoms with Crippen LogP contribution in [0.5, 0.6) is 0 Å². The number of aromatic nitrogens is 1. The van der Waals surface area contributed by atoms with Crippen molar-refractivity contribution in [2.45, 2.75) is 0 Å². The number of halogens is 2. The van der Waals surface area contributed by atoms with Crippen molar-refractivity contribution in [1.29, 1.82) is 0 Å². The third kappa shape index (κ3) is 2.53. The smallest absolute Gasteiger partial charge is 0.221 e. The summed E-state index contributed by atoms with van der Waals surface area (Å²) in [5.41, 5.74) is 0.645. The highest BCUT2D eigenvalue weighted by Crippen LogP contribution is 2.20. The van der Waals surface area contributed by atoms with E-state index in [1.807, 2.05) is 12.1 Å². The molecule has 0 fully saturated rings. The molecule has 2 nitrogen and oxygen atoms in total. The van der Waals surface area contributed by atoms with Crippen molar-refractivity contribution in [2.75, 3.05) is 0 Å². The zero-order chi connectivity index (χ0) is 10.8. The van der Waals surface area contributed by atoms with Gasteiger partial charge in [0.05, 0.1) is 0 Å². The lowest BCUT2D eigenvalue weighted by Crippen LogP contribution is -2.00. The molecule has 1 aromatic heterocycles. The molecule has 0 aliphatic heterocycles.